The molecule has 0 amide bonds. The second kappa shape index (κ2) is 8.61. The Balaban J connectivity index is 1.45. The summed E-state index contributed by atoms with van der Waals surface area (Å²) in [5.41, 5.74) is 1.97. The Morgan fingerprint density at radius 3 is 2.59 bits per heavy atom. The average Bonchev–Trinajstić information content (AvgIpc) is 3.23. The third kappa shape index (κ3) is 4.35. The molecule has 1 saturated heterocycles. The van der Waals surface area contributed by atoms with Gasteiger partial charge in [-0.1, -0.05) is 36.4 Å². The lowest BCUT2D eigenvalue weighted by Crippen LogP contribution is -2.53. The fourth-order valence-corrected chi connectivity index (χ4v) is 4.32. The van der Waals surface area contributed by atoms with Gasteiger partial charge in [-0.15, -0.1) is 21.5 Å². The molecule has 1 N–H and O–H groups in total. The van der Waals surface area contributed by atoms with Crippen molar-refractivity contribution in [1.82, 2.24) is 15.1 Å². The van der Waals surface area contributed by atoms with Gasteiger partial charge in [0.2, 0.25) is 0 Å². The van der Waals surface area contributed by atoms with Crippen molar-refractivity contribution in [2.45, 2.75) is 19.0 Å². The van der Waals surface area contributed by atoms with Gasteiger partial charge in [0.05, 0.1) is 5.69 Å². The third-order valence-corrected chi connectivity index (χ3v) is 5.91. The average molecular weight is 381 g/mol. The minimum absolute atomic E-state index is 0.206. The summed E-state index contributed by atoms with van der Waals surface area (Å²) in [7, 11) is 0. The van der Waals surface area contributed by atoms with Crippen LogP contribution in [0.15, 0.2) is 60.0 Å². The van der Waals surface area contributed by atoms with Gasteiger partial charge in [0.1, 0.15) is 0 Å². The van der Waals surface area contributed by atoms with Gasteiger partial charge < -0.3 is 10.0 Å². The van der Waals surface area contributed by atoms with Crippen LogP contribution in [0.2, 0.25) is 0 Å². The molecule has 0 radical (unpaired) electrons. The Morgan fingerprint density at radius 1 is 1.00 bits per heavy atom. The first-order valence-electron chi connectivity index (χ1n) is 9.35. The number of aliphatic hydroxyl groups excluding tert-OH is 1. The van der Waals surface area contributed by atoms with Crippen LogP contribution in [0.3, 0.4) is 0 Å². The summed E-state index contributed by atoms with van der Waals surface area (Å²) in [5, 5.41) is 20.5. The molecule has 1 aliphatic heterocycles. The standard InChI is InChI=1S/C21H24N4OS/c26-13-10-18-15-25(12-11-24(18)16-19-7-4-14-27-19)21-9-8-20(22-23-21)17-5-2-1-3-6-17/h1-9,14,18,26H,10-13,15-16H2/t18-/m1/s1. The second-order valence-corrected chi connectivity index (χ2v) is 7.84. The first kappa shape index (κ1) is 18.1. The van der Waals surface area contributed by atoms with Gasteiger partial charge in [-0.25, -0.2) is 0 Å². The van der Waals surface area contributed by atoms with Crippen molar-refractivity contribution in [1.29, 1.82) is 0 Å². The number of rotatable bonds is 6. The Kier molecular flexibility index (Phi) is 5.77. The van der Waals surface area contributed by atoms with Crippen molar-refractivity contribution in [2.24, 2.45) is 0 Å². The van der Waals surface area contributed by atoms with E-state index in [1.54, 1.807) is 11.3 Å². The quantitative estimate of drug-likeness (QED) is 0.711. The Bertz CT molecular complexity index is 823. The van der Waals surface area contributed by atoms with Crippen molar-refractivity contribution < 1.29 is 5.11 Å². The maximum Gasteiger partial charge on any atom is 0.151 e. The molecule has 0 aliphatic carbocycles. The van der Waals surface area contributed by atoms with Crippen LogP contribution in [0.1, 0.15) is 11.3 Å². The molecule has 1 aliphatic rings. The molecular weight excluding hydrogens is 356 g/mol. The highest BCUT2D eigenvalue weighted by Gasteiger charge is 2.27. The first-order valence-corrected chi connectivity index (χ1v) is 10.2. The molecule has 5 nitrogen and oxygen atoms in total. The van der Waals surface area contributed by atoms with E-state index in [4.69, 9.17) is 0 Å². The zero-order valence-corrected chi connectivity index (χ0v) is 16.1. The zero-order valence-electron chi connectivity index (χ0n) is 15.2. The van der Waals surface area contributed by atoms with Crippen molar-refractivity contribution in [3.05, 3.63) is 64.9 Å². The van der Waals surface area contributed by atoms with E-state index >= 15 is 0 Å². The van der Waals surface area contributed by atoms with Crippen LogP contribution in [0, 0.1) is 0 Å². The number of benzene rings is 1. The SMILES string of the molecule is OCC[C@@H]1CN(c2ccc(-c3ccccc3)nn2)CCN1Cc1cccs1. The number of anilines is 1. The van der Waals surface area contributed by atoms with Crippen molar-refractivity contribution in [3.8, 4) is 11.3 Å². The molecule has 1 aromatic carbocycles. The molecule has 0 spiro atoms. The minimum atomic E-state index is 0.206. The van der Waals surface area contributed by atoms with E-state index in [1.165, 1.54) is 4.88 Å². The summed E-state index contributed by atoms with van der Waals surface area (Å²) < 4.78 is 0. The molecule has 0 bridgehead atoms. The smallest absolute Gasteiger partial charge is 0.151 e. The number of aromatic nitrogens is 2. The van der Waals surface area contributed by atoms with Crippen LogP contribution in [0.5, 0.6) is 0 Å². The molecule has 27 heavy (non-hydrogen) atoms. The zero-order chi connectivity index (χ0) is 18.5. The van der Waals surface area contributed by atoms with E-state index in [0.717, 1.165) is 49.7 Å². The molecule has 0 saturated carbocycles. The van der Waals surface area contributed by atoms with Gasteiger partial charge >= 0.3 is 0 Å². The summed E-state index contributed by atoms with van der Waals surface area (Å²) in [6.45, 7) is 3.91. The second-order valence-electron chi connectivity index (χ2n) is 6.80. The molecule has 140 valence electrons. The van der Waals surface area contributed by atoms with Gasteiger partial charge in [0.15, 0.2) is 5.82 Å². The van der Waals surface area contributed by atoms with E-state index in [-0.39, 0.29) is 6.61 Å². The molecular formula is C21H24N4OS. The van der Waals surface area contributed by atoms with Crippen LogP contribution in [-0.2, 0) is 6.54 Å². The number of piperazine rings is 1. The highest BCUT2D eigenvalue weighted by Crippen LogP contribution is 2.23. The van der Waals surface area contributed by atoms with Crippen molar-refractivity contribution in [2.75, 3.05) is 31.1 Å². The van der Waals surface area contributed by atoms with E-state index in [9.17, 15) is 5.11 Å². The maximum atomic E-state index is 9.51. The van der Waals surface area contributed by atoms with Gasteiger partial charge in [-0.2, -0.15) is 0 Å². The lowest BCUT2D eigenvalue weighted by atomic mass is 10.1. The van der Waals surface area contributed by atoms with Crippen LogP contribution in [-0.4, -0.2) is 52.5 Å². The van der Waals surface area contributed by atoms with Crippen molar-refractivity contribution >= 4 is 17.2 Å². The van der Waals surface area contributed by atoms with Crippen LogP contribution in [0.25, 0.3) is 11.3 Å². The Morgan fingerprint density at radius 2 is 1.89 bits per heavy atom. The fourth-order valence-electron chi connectivity index (χ4n) is 3.59. The lowest BCUT2D eigenvalue weighted by Gasteiger charge is -2.41. The molecule has 4 rings (SSSR count). The summed E-state index contributed by atoms with van der Waals surface area (Å²) in [6.07, 6.45) is 0.775. The van der Waals surface area contributed by atoms with Crippen LogP contribution >= 0.6 is 11.3 Å². The van der Waals surface area contributed by atoms with E-state index in [2.05, 4.69) is 43.6 Å². The summed E-state index contributed by atoms with van der Waals surface area (Å²) >= 11 is 1.79. The highest BCUT2D eigenvalue weighted by atomic mass is 32.1. The monoisotopic (exact) mass is 380 g/mol. The van der Waals surface area contributed by atoms with Gasteiger partial charge in [-0.3, -0.25) is 4.90 Å². The molecule has 0 unspecified atom stereocenters. The Labute approximate surface area is 163 Å². The van der Waals surface area contributed by atoms with Crippen LogP contribution < -0.4 is 4.90 Å². The summed E-state index contributed by atoms with van der Waals surface area (Å²) in [5.74, 6) is 0.911. The maximum absolute atomic E-state index is 9.51. The highest BCUT2D eigenvalue weighted by molar-refractivity contribution is 7.09. The topological polar surface area (TPSA) is 52.5 Å². The third-order valence-electron chi connectivity index (χ3n) is 5.05. The summed E-state index contributed by atoms with van der Waals surface area (Å²) in [4.78, 5) is 6.13. The van der Waals surface area contributed by atoms with Crippen molar-refractivity contribution in [3.63, 3.8) is 0 Å². The van der Waals surface area contributed by atoms with E-state index in [1.807, 2.05) is 36.4 Å². The molecule has 3 aromatic rings. The normalized spacial score (nSPS) is 18.0. The Hall–Kier alpha value is -2.28. The molecule has 1 atom stereocenters. The lowest BCUT2D eigenvalue weighted by molar-refractivity contribution is 0.136. The van der Waals surface area contributed by atoms with Crippen LogP contribution in [0.4, 0.5) is 5.82 Å². The number of thiophene rings is 1. The van der Waals surface area contributed by atoms with E-state index in [0.29, 0.717) is 6.04 Å². The molecule has 2 aromatic heterocycles. The first-order chi connectivity index (χ1) is 13.3. The fraction of sp³-hybridized carbons (Fsp3) is 0.333. The largest absolute Gasteiger partial charge is 0.396 e. The predicted octanol–water partition coefficient (Wildman–Crippen LogP) is 3.28. The predicted molar refractivity (Wildman–Crippen MR) is 110 cm³/mol. The molecule has 3 heterocycles. The van der Waals surface area contributed by atoms with E-state index < -0.39 is 0 Å². The number of hydrogen-bond acceptors (Lipinski definition) is 6. The number of nitrogens with zero attached hydrogens (tertiary/aromatic N) is 4. The summed E-state index contributed by atoms with van der Waals surface area (Å²) in [6, 6.07) is 18.8. The van der Waals surface area contributed by atoms with Gasteiger partial charge in [-0.05, 0) is 30.0 Å². The molecule has 6 heteroatoms. The van der Waals surface area contributed by atoms with Gasteiger partial charge in [0, 0.05) is 49.3 Å². The number of aliphatic hydroxyl groups is 1. The van der Waals surface area contributed by atoms with Gasteiger partial charge in [0.25, 0.3) is 0 Å². The minimum Gasteiger partial charge on any atom is -0.396 e. The number of hydrogen-bond donors (Lipinski definition) is 1. The molecule has 1 fully saturated rings.